The van der Waals surface area contributed by atoms with Gasteiger partial charge in [0.2, 0.25) is 0 Å². The van der Waals surface area contributed by atoms with Gasteiger partial charge in [0.05, 0.1) is 41.6 Å². The Morgan fingerprint density at radius 3 is 2.83 bits per heavy atom. The number of pyridine rings is 2. The van der Waals surface area contributed by atoms with Crippen molar-refractivity contribution in [2.75, 3.05) is 30.9 Å². The molecule has 3 aromatic rings. The van der Waals surface area contributed by atoms with E-state index in [1.54, 1.807) is 36.5 Å². The summed E-state index contributed by atoms with van der Waals surface area (Å²) in [6.07, 6.45) is 7.82. The molecule has 9 heteroatoms. The topological polar surface area (TPSA) is 98.7 Å². The second-order valence-corrected chi connectivity index (χ2v) is 10.7. The summed E-state index contributed by atoms with van der Waals surface area (Å²) in [7, 11) is -3.39. The summed E-state index contributed by atoms with van der Waals surface area (Å²) in [5.74, 6) is 0.734. The van der Waals surface area contributed by atoms with Gasteiger partial charge < -0.3 is 14.4 Å². The lowest BCUT2D eigenvalue weighted by molar-refractivity contribution is -0.112. The van der Waals surface area contributed by atoms with Crippen LogP contribution in [0.15, 0.2) is 65.9 Å². The number of morpholine rings is 1. The van der Waals surface area contributed by atoms with Crippen molar-refractivity contribution < 1.29 is 22.7 Å². The van der Waals surface area contributed by atoms with E-state index < -0.39 is 15.9 Å². The van der Waals surface area contributed by atoms with Crippen LogP contribution < -0.4 is 4.90 Å². The minimum absolute atomic E-state index is 0.104. The molecule has 0 N–H and O–H groups in total. The molecule has 2 aliphatic heterocycles. The maximum absolute atomic E-state index is 12.3. The highest BCUT2D eigenvalue weighted by atomic mass is 32.2. The minimum atomic E-state index is -3.39. The van der Waals surface area contributed by atoms with Crippen molar-refractivity contribution in [1.82, 2.24) is 9.97 Å². The average Bonchev–Trinajstić information content (AvgIpc) is 2.87. The van der Waals surface area contributed by atoms with Gasteiger partial charge in [-0.05, 0) is 54.5 Å². The number of aromatic nitrogens is 2. The normalized spacial score (nSPS) is 20.4. The molecule has 2 aliphatic rings. The molecule has 0 amide bonds. The quantitative estimate of drug-likeness (QED) is 0.501. The number of carbonyl (C=O) groups is 1. The Balaban J connectivity index is 1.79. The second-order valence-electron chi connectivity index (χ2n) is 8.64. The zero-order valence-electron chi connectivity index (χ0n) is 19.4. The van der Waals surface area contributed by atoms with Crippen LogP contribution in [0.5, 0.6) is 0 Å². The Bertz CT molecular complexity index is 1470. The van der Waals surface area contributed by atoms with Crippen LogP contribution in [0, 0.1) is 0 Å². The highest BCUT2D eigenvalue weighted by Gasteiger charge is 2.26. The van der Waals surface area contributed by atoms with Gasteiger partial charge in [0.15, 0.2) is 22.2 Å². The summed E-state index contributed by atoms with van der Waals surface area (Å²) < 4.78 is 35.6. The third-order valence-corrected chi connectivity index (χ3v) is 7.34. The zero-order valence-corrected chi connectivity index (χ0v) is 20.2. The van der Waals surface area contributed by atoms with Crippen LogP contribution in [-0.2, 0) is 24.1 Å². The van der Waals surface area contributed by atoms with Crippen LogP contribution in [0.2, 0.25) is 0 Å². The number of hydrogen-bond donors (Lipinski definition) is 0. The number of hydrogen-bond acceptors (Lipinski definition) is 8. The number of sulfone groups is 1. The molecular weight excluding hydrogens is 466 g/mol. The van der Waals surface area contributed by atoms with E-state index in [2.05, 4.69) is 16.8 Å². The third kappa shape index (κ3) is 4.44. The summed E-state index contributed by atoms with van der Waals surface area (Å²) in [5.41, 5.74) is 3.35. The molecule has 0 bridgehead atoms. The smallest absolute Gasteiger partial charge is 0.180 e. The second kappa shape index (κ2) is 9.24. The van der Waals surface area contributed by atoms with E-state index in [-0.39, 0.29) is 10.9 Å². The Morgan fingerprint density at radius 2 is 2.06 bits per heavy atom. The summed E-state index contributed by atoms with van der Waals surface area (Å²) in [6.45, 7) is 3.91. The zero-order chi connectivity index (χ0) is 24.6. The molecular formula is C26H25N3O5S. The van der Waals surface area contributed by atoms with Gasteiger partial charge in [-0.25, -0.2) is 13.4 Å². The molecule has 1 fully saturated rings. The number of ether oxygens (including phenoxy) is 2. The van der Waals surface area contributed by atoms with Crippen LogP contribution in [0.4, 0.5) is 5.82 Å². The number of anilines is 1. The number of fused-ring (bicyclic) bond motifs is 1. The summed E-state index contributed by atoms with van der Waals surface area (Å²) in [4.78, 5) is 23.7. The van der Waals surface area contributed by atoms with E-state index in [1.165, 1.54) is 12.5 Å². The highest BCUT2D eigenvalue weighted by molar-refractivity contribution is 7.90. The van der Waals surface area contributed by atoms with Gasteiger partial charge in [0.25, 0.3) is 0 Å². The fourth-order valence-corrected chi connectivity index (χ4v) is 5.12. The molecule has 2 aromatic heterocycles. The van der Waals surface area contributed by atoms with E-state index in [0.717, 1.165) is 28.6 Å². The molecule has 0 spiro atoms. The van der Waals surface area contributed by atoms with E-state index in [4.69, 9.17) is 14.5 Å². The van der Waals surface area contributed by atoms with Gasteiger partial charge in [-0.3, -0.25) is 9.78 Å². The predicted molar refractivity (Wildman–Crippen MR) is 134 cm³/mol. The molecule has 0 radical (unpaired) electrons. The van der Waals surface area contributed by atoms with Gasteiger partial charge in [0.1, 0.15) is 5.82 Å². The molecule has 180 valence electrons. The fourth-order valence-electron chi connectivity index (χ4n) is 4.46. The average molecular weight is 492 g/mol. The molecule has 2 atom stereocenters. The van der Waals surface area contributed by atoms with Crippen molar-refractivity contribution in [3.8, 4) is 11.1 Å². The highest BCUT2D eigenvalue weighted by Crippen LogP contribution is 2.36. The first-order valence-corrected chi connectivity index (χ1v) is 13.2. The molecule has 1 saturated heterocycles. The van der Waals surface area contributed by atoms with Gasteiger partial charge in [-0.2, -0.15) is 0 Å². The molecule has 1 aromatic carbocycles. The van der Waals surface area contributed by atoms with E-state index in [9.17, 15) is 13.2 Å². The van der Waals surface area contributed by atoms with Crippen molar-refractivity contribution in [3.05, 3.63) is 66.7 Å². The van der Waals surface area contributed by atoms with Gasteiger partial charge >= 0.3 is 0 Å². The molecule has 35 heavy (non-hydrogen) atoms. The van der Waals surface area contributed by atoms with Gasteiger partial charge in [-0.1, -0.05) is 12.1 Å². The van der Waals surface area contributed by atoms with Crippen molar-refractivity contribution in [3.63, 3.8) is 0 Å². The van der Waals surface area contributed by atoms with Gasteiger partial charge in [0, 0.05) is 30.0 Å². The molecule has 4 heterocycles. The summed E-state index contributed by atoms with van der Waals surface area (Å²) in [6, 6.07) is 10.8. The molecule has 1 unspecified atom stereocenters. The van der Waals surface area contributed by atoms with Crippen molar-refractivity contribution in [2.45, 2.75) is 24.0 Å². The van der Waals surface area contributed by atoms with Crippen molar-refractivity contribution in [1.29, 1.82) is 0 Å². The third-order valence-electron chi connectivity index (χ3n) is 6.23. The van der Waals surface area contributed by atoms with Gasteiger partial charge in [-0.15, -0.1) is 0 Å². The first kappa shape index (κ1) is 23.2. The van der Waals surface area contributed by atoms with Crippen LogP contribution >= 0.6 is 0 Å². The Hall–Kier alpha value is -3.56. The Labute approximate surface area is 203 Å². The van der Waals surface area contributed by atoms with Crippen LogP contribution in [0.3, 0.4) is 0 Å². The number of carbonyl (C=O) groups excluding carboxylic acids is 1. The van der Waals surface area contributed by atoms with E-state index >= 15 is 0 Å². The first-order valence-electron chi connectivity index (χ1n) is 11.3. The lowest BCUT2D eigenvalue weighted by atomic mass is 9.97. The Kier molecular flexibility index (Phi) is 6.12. The fraction of sp³-hybridized carbons (Fsp3) is 0.269. The van der Waals surface area contributed by atoms with Crippen LogP contribution in [-0.4, -0.2) is 62.8 Å². The van der Waals surface area contributed by atoms with Crippen LogP contribution in [0.25, 0.3) is 27.6 Å². The number of rotatable bonds is 5. The van der Waals surface area contributed by atoms with Crippen molar-refractivity contribution in [2.24, 2.45) is 0 Å². The number of allylic oxidation sites excluding steroid dienone is 2. The summed E-state index contributed by atoms with van der Waals surface area (Å²) in [5, 5.41) is 0.797. The molecule has 0 saturated carbocycles. The standard InChI is InChI=1S/C26H25N3O5S/c1-17-16-33-12-10-29(17)24-14-22(18-5-3-6-19(13-18)35(2,31)32)20-8-9-27-25(26(20)28-24)21-7-4-11-34-23(21)15-30/h3-9,11,13-15,17,23H,10,12,16H2,1-2H3/t17-,23?/m1/s1. The lowest BCUT2D eigenvalue weighted by Crippen LogP contribution is -2.44. The largest absolute Gasteiger partial charge is 0.486 e. The molecule has 0 aliphatic carbocycles. The lowest BCUT2D eigenvalue weighted by Gasteiger charge is -2.34. The summed E-state index contributed by atoms with van der Waals surface area (Å²) >= 11 is 0. The maximum Gasteiger partial charge on any atom is 0.180 e. The SMILES string of the molecule is C[C@@H]1COCCN1c1cc(-c2cccc(S(C)(=O)=O)c2)c2ccnc(C3=CC=COC3C=O)c2n1. The maximum atomic E-state index is 12.3. The van der Waals surface area contributed by atoms with E-state index in [0.29, 0.717) is 36.5 Å². The first-order chi connectivity index (χ1) is 16.9. The minimum Gasteiger partial charge on any atom is -0.486 e. The van der Waals surface area contributed by atoms with Crippen LogP contribution in [0.1, 0.15) is 12.6 Å². The molecule has 8 nitrogen and oxygen atoms in total. The number of aldehydes is 1. The van der Waals surface area contributed by atoms with Crippen molar-refractivity contribution >= 4 is 38.4 Å². The Morgan fingerprint density at radius 1 is 1.20 bits per heavy atom. The number of benzene rings is 1. The predicted octanol–water partition coefficient (Wildman–Crippen LogP) is 3.42. The number of nitrogens with zero attached hydrogens (tertiary/aromatic N) is 3. The van der Waals surface area contributed by atoms with E-state index in [1.807, 2.05) is 18.2 Å². The monoisotopic (exact) mass is 491 g/mol. The molecule has 5 rings (SSSR count).